The largest absolute Gasteiger partial charge is 0.494 e. The van der Waals surface area contributed by atoms with Crippen LogP contribution < -0.4 is 15.8 Å². The number of unbranched alkanes of at least 4 members (excludes halogenated alkanes) is 1. The topological polar surface area (TPSA) is 73.6 Å². The Bertz CT molecular complexity index is 408. The minimum Gasteiger partial charge on any atom is -0.494 e. The van der Waals surface area contributed by atoms with E-state index in [9.17, 15) is 9.18 Å². The molecule has 1 unspecified atom stereocenters. The Balaban J connectivity index is 2.04. The summed E-state index contributed by atoms with van der Waals surface area (Å²) in [6.45, 7) is 1.45. The molecule has 0 spiro atoms. The van der Waals surface area contributed by atoms with E-state index in [0.717, 1.165) is 12.8 Å². The Morgan fingerprint density at radius 2 is 2.05 bits per heavy atom. The molecular weight excluding hydrogens is 275 g/mol. The van der Waals surface area contributed by atoms with Crippen molar-refractivity contribution < 1.29 is 18.7 Å². The number of methoxy groups -OCH3 is 1. The van der Waals surface area contributed by atoms with Crippen LogP contribution in [0.15, 0.2) is 24.3 Å². The van der Waals surface area contributed by atoms with Gasteiger partial charge in [-0.2, -0.15) is 0 Å². The van der Waals surface area contributed by atoms with Crippen molar-refractivity contribution in [3.8, 4) is 5.75 Å². The number of carbonyl (C=O) groups is 1. The average Bonchev–Trinajstić information content (AvgIpc) is 2.50. The van der Waals surface area contributed by atoms with Crippen LogP contribution in [0.2, 0.25) is 0 Å². The van der Waals surface area contributed by atoms with Crippen LogP contribution in [0.4, 0.5) is 4.39 Å². The first kappa shape index (κ1) is 17.4. The third kappa shape index (κ3) is 7.63. The van der Waals surface area contributed by atoms with Gasteiger partial charge in [0.2, 0.25) is 5.91 Å². The number of ether oxygens (including phenoxy) is 2. The first-order valence-electron chi connectivity index (χ1n) is 7.03. The standard InChI is InChI=1S/C15H23FN2O3/c1-20-14(11-17)10-15(19)18-8-2-3-9-21-13-6-4-12(16)5-7-13/h4-7,14H,2-3,8-11,17H2,1H3,(H,18,19). The van der Waals surface area contributed by atoms with E-state index in [1.807, 2.05) is 0 Å². The second-order valence-corrected chi connectivity index (χ2v) is 4.66. The van der Waals surface area contributed by atoms with E-state index in [1.165, 1.54) is 19.2 Å². The lowest BCUT2D eigenvalue weighted by molar-refractivity contribution is -0.123. The van der Waals surface area contributed by atoms with Gasteiger partial charge in [0.15, 0.2) is 0 Å². The van der Waals surface area contributed by atoms with E-state index in [2.05, 4.69) is 5.32 Å². The first-order chi connectivity index (χ1) is 10.2. The molecule has 0 bridgehead atoms. The normalized spacial score (nSPS) is 12.0. The fourth-order valence-electron chi connectivity index (χ4n) is 1.72. The highest BCUT2D eigenvalue weighted by molar-refractivity contribution is 5.76. The lowest BCUT2D eigenvalue weighted by Crippen LogP contribution is -2.32. The Kier molecular flexibility index (Phi) is 8.38. The van der Waals surface area contributed by atoms with Crippen LogP contribution >= 0.6 is 0 Å². The molecule has 1 atom stereocenters. The Morgan fingerprint density at radius 3 is 2.67 bits per heavy atom. The van der Waals surface area contributed by atoms with Crippen molar-refractivity contribution in [3.05, 3.63) is 30.1 Å². The SMILES string of the molecule is COC(CN)CC(=O)NCCCCOc1ccc(F)cc1. The van der Waals surface area contributed by atoms with E-state index < -0.39 is 0 Å². The first-order valence-corrected chi connectivity index (χ1v) is 7.03. The highest BCUT2D eigenvalue weighted by Crippen LogP contribution is 2.11. The van der Waals surface area contributed by atoms with E-state index in [4.69, 9.17) is 15.2 Å². The smallest absolute Gasteiger partial charge is 0.222 e. The number of nitrogens with one attached hydrogen (secondary N) is 1. The van der Waals surface area contributed by atoms with Crippen molar-refractivity contribution in [3.63, 3.8) is 0 Å². The van der Waals surface area contributed by atoms with E-state index >= 15 is 0 Å². The van der Waals surface area contributed by atoms with Crippen molar-refractivity contribution in [2.24, 2.45) is 5.73 Å². The predicted molar refractivity (Wildman–Crippen MR) is 78.6 cm³/mol. The number of halogens is 1. The van der Waals surface area contributed by atoms with Gasteiger partial charge >= 0.3 is 0 Å². The molecule has 0 fully saturated rings. The van der Waals surface area contributed by atoms with Crippen molar-refractivity contribution in [2.45, 2.75) is 25.4 Å². The van der Waals surface area contributed by atoms with E-state index in [1.54, 1.807) is 12.1 Å². The summed E-state index contributed by atoms with van der Waals surface area (Å²) in [4.78, 5) is 11.5. The molecule has 0 aliphatic rings. The monoisotopic (exact) mass is 298 g/mol. The average molecular weight is 298 g/mol. The molecule has 1 amide bonds. The van der Waals surface area contributed by atoms with Crippen molar-refractivity contribution in [1.82, 2.24) is 5.32 Å². The van der Waals surface area contributed by atoms with E-state index in [-0.39, 0.29) is 24.2 Å². The number of hydrogen-bond donors (Lipinski definition) is 2. The van der Waals surface area contributed by atoms with Crippen LogP contribution in [-0.4, -0.2) is 38.8 Å². The fourth-order valence-corrected chi connectivity index (χ4v) is 1.72. The number of amides is 1. The molecule has 0 saturated heterocycles. The zero-order chi connectivity index (χ0) is 15.5. The Hall–Kier alpha value is -1.66. The van der Waals surface area contributed by atoms with Gasteiger partial charge in [-0.15, -0.1) is 0 Å². The molecule has 6 heteroatoms. The zero-order valence-corrected chi connectivity index (χ0v) is 12.3. The molecule has 0 radical (unpaired) electrons. The summed E-state index contributed by atoms with van der Waals surface area (Å²) in [5, 5.41) is 2.81. The summed E-state index contributed by atoms with van der Waals surface area (Å²) in [5.74, 6) is 0.301. The van der Waals surface area contributed by atoms with Gasteiger partial charge in [-0.1, -0.05) is 0 Å². The van der Waals surface area contributed by atoms with Gasteiger partial charge in [-0.3, -0.25) is 4.79 Å². The van der Waals surface area contributed by atoms with Crippen LogP contribution in [-0.2, 0) is 9.53 Å². The van der Waals surface area contributed by atoms with Crippen LogP contribution in [0.1, 0.15) is 19.3 Å². The number of benzene rings is 1. The highest BCUT2D eigenvalue weighted by Gasteiger charge is 2.10. The van der Waals surface area contributed by atoms with Crippen LogP contribution in [0.5, 0.6) is 5.75 Å². The number of rotatable bonds is 10. The van der Waals surface area contributed by atoms with Gasteiger partial charge in [0, 0.05) is 20.2 Å². The molecular formula is C15H23FN2O3. The van der Waals surface area contributed by atoms with Gasteiger partial charge in [0.05, 0.1) is 19.1 Å². The molecule has 1 aromatic rings. The number of nitrogens with two attached hydrogens (primary N) is 1. The second-order valence-electron chi connectivity index (χ2n) is 4.66. The van der Waals surface area contributed by atoms with Gasteiger partial charge in [0.1, 0.15) is 11.6 Å². The van der Waals surface area contributed by atoms with Crippen LogP contribution in [0, 0.1) is 5.82 Å². The molecule has 0 aliphatic heterocycles. The van der Waals surface area contributed by atoms with Gasteiger partial charge in [-0.25, -0.2) is 4.39 Å². The molecule has 21 heavy (non-hydrogen) atoms. The maximum atomic E-state index is 12.7. The third-order valence-electron chi connectivity index (χ3n) is 2.98. The summed E-state index contributed by atoms with van der Waals surface area (Å²) in [5.41, 5.74) is 5.45. The minimum atomic E-state index is -0.281. The predicted octanol–water partition coefficient (Wildman–Crippen LogP) is 1.46. The quantitative estimate of drug-likeness (QED) is 0.641. The van der Waals surface area contributed by atoms with Crippen molar-refractivity contribution in [1.29, 1.82) is 0 Å². The fraction of sp³-hybridized carbons (Fsp3) is 0.533. The van der Waals surface area contributed by atoms with Crippen molar-refractivity contribution >= 4 is 5.91 Å². The zero-order valence-electron chi connectivity index (χ0n) is 12.3. The maximum absolute atomic E-state index is 12.7. The lowest BCUT2D eigenvalue weighted by Gasteiger charge is -2.12. The summed E-state index contributed by atoms with van der Waals surface area (Å²) in [7, 11) is 1.54. The molecule has 0 aliphatic carbocycles. The summed E-state index contributed by atoms with van der Waals surface area (Å²) < 4.78 is 23.2. The summed E-state index contributed by atoms with van der Waals surface area (Å²) in [6.07, 6.45) is 1.67. The number of carbonyl (C=O) groups excluding carboxylic acids is 1. The minimum absolute atomic E-state index is 0.0632. The van der Waals surface area contributed by atoms with Gasteiger partial charge in [0.25, 0.3) is 0 Å². The van der Waals surface area contributed by atoms with Crippen LogP contribution in [0.25, 0.3) is 0 Å². The second kappa shape index (κ2) is 10.1. The molecule has 0 aromatic heterocycles. The molecule has 3 N–H and O–H groups in total. The molecule has 0 heterocycles. The third-order valence-corrected chi connectivity index (χ3v) is 2.98. The summed E-state index contributed by atoms with van der Waals surface area (Å²) >= 11 is 0. The molecule has 118 valence electrons. The maximum Gasteiger partial charge on any atom is 0.222 e. The molecule has 0 saturated carbocycles. The molecule has 5 nitrogen and oxygen atoms in total. The molecule has 1 rings (SSSR count). The molecule has 1 aromatic carbocycles. The highest BCUT2D eigenvalue weighted by atomic mass is 19.1. The van der Waals surface area contributed by atoms with Gasteiger partial charge < -0.3 is 20.5 Å². The van der Waals surface area contributed by atoms with Gasteiger partial charge in [-0.05, 0) is 37.1 Å². The van der Waals surface area contributed by atoms with Crippen LogP contribution in [0.3, 0.4) is 0 Å². The van der Waals surface area contributed by atoms with E-state index in [0.29, 0.717) is 25.4 Å². The summed E-state index contributed by atoms with van der Waals surface area (Å²) in [6, 6.07) is 5.90. The van der Waals surface area contributed by atoms with Crippen molar-refractivity contribution in [2.75, 3.05) is 26.8 Å². The lowest BCUT2D eigenvalue weighted by atomic mass is 10.2. The Morgan fingerprint density at radius 1 is 1.33 bits per heavy atom. The number of hydrogen-bond acceptors (Lipinski definition) is 4. The Labute approximate surface area is 124 Å².